The molecule has 1 aromatic heterocycles. The van der Waals surface area contributed by atoms with Gasteiger partial charge in [0.15, 0.2) is 5.75 Å². The lowest BCUT2D eigenvalue weighted by molar-refractivity contribution is 0.300. The number of hydrogen-bond acceptors (Lipinski definition) is 3. The number of pyridine rings is 1. The standard InChI is InChI=1S/C21H18N2O2/c22-12-11-19-13-20(24)21(25-16-18-9-5-2-6-10-18)15-23(19)14-17-7-3-1-4-8-17/h1-10,13,15H,11,14,16H2. The van der Waals surface area contributed by atoms with Gasteiger partial charge >= 0.3 is 0 Å². The SMILES string of the molecule is N#CCc1cc(=O)c(OCc2ccccc2)cn1Cc1ccccc1. The number of nitriles is 1. The van der Waals surface area contributed by atoms with Crippen molar-refractivity contribution in [3.63, 3.8) is 0 Å². The summed E-state index contributed by atoms with van der Waals surface area (Å²) in [5, 5.41) is 9.03. The first-order valence-corrected chi connectivity index (χ1v) is 8.07. The van der Waals surface area contributed by atoms with Gasteiger partial charge < -0.3 is 9.30 Å². The summed E-state index contributed by atoms with van der Waals surface area (Å²) in [6, 6.07) is 23.2. The van der Waals surface area contributed by atoms with Crippen LogP contribution < -0.4 is 10.2 Å². The smallest absolute Gasteiger partial charge is 0.223 e. The van der Waals surface area contributed by atoms with Crippen LogP contribution in [0.1, 0.15) is 16.8 Å². The van der Waals surface area contributed by atoms with Crippen molar-refractivity contribution in [2.75, 3.05) is 0 Å². The van der Waals surface area contributed by atoms with Gasteiger partial charge in [0.1, 0.15) is 6.61 Å². The zero-order valence-corrected chi connectivity index (χ0v) is 13.8. The zero-order chi connectivity index (χ0) is 17.5. The molecule has 0 amide bonds. The maximum Gasteiger partial charge on any atom is 0.223 e. The highest BCUT2D eigenvalue weighted by atomic mass is 16.5. The van der Waals surface area contributed by atoms with Gasteiger partial charge in [0.05, 0.1) is 18.7 Å². The Labute approximate surface area is 146 Å². The van der Waals surface area contributed by atoms with E-state index in [1.54, 1.807) is 6.20 Å². The monoisotopic (exact) mass is 330 g/mol. The molecule has 0 aliphatic heterocycles. The van der Waals surface area contributed by atoms with Gasteiger partial charge in [-0.25, -0.2) is 0 Å². The van der Waals surface area contributed by atoms with Crippen molar-refractivity contribution < 1.29 is 4.74 Å². The highest BCUT2D eigenvalue weighted by Crippen LogP contribution is 2.13. The Morgan fingerprint density at radius 2 is 1.60 bits per heavy atom. The zero-order valence-electron chi connectivity index (χ0n) is 13.8. The van der Waals surface area contributed by atoms with E-state index in [9.17, 15) is 4.79 Å². The van der Waals surface area contributed by atoms with Gasteiger partial charge in [0.25, 0.3) is 0 Å². The second-order valence-corrected chi connectivity index (χ2v) is 5.72. The number of rotatable bonds is 6. The van der Waals surface area contributed by atoms with Crippen LogP contribution >= 0.6 is 0 Å². The molecule has 0 atom stereocenters. The van der Waals surface area contributed by atoms with Crippen molar-refractivity contribution in [2.24, 2.45) is 0 Å². The predicted octanol–water partition coefficient (Wildman–Crippen LogP) is 3.54. The lowest BCUT2D eigenvalue weighted by atomic mass is 10.2. The third-order valence-electron chi connectivity index (χ3n) is 3.88. The van der Waals surface area contributed by atoms with E-state index < -0.39 is 0 Å². The molecular formula is C21H18N2O2. The Morgan fingerprint density at radius 3 is 2.24 bits per heavy atom. The lowest BCUT2D eigenvalue weighted by Gasteiger charge is -2.14. The molecule has 0 saturated heterocycles. The van der Waals surface area contributed by atoms with Gasteiger partial charge in [-0.1, -0.05) is 60.7 Å². The first kappa shape index (κ1) is 16.5. The first-order chi connectivity index (χ1) is 12.3. The summed E-state index contributed by atoms with van der Waals surface area (Å²) in [6.45, 7) is 0.916. The van der Waals surface area contributed by atoms with Crippen LogP contribution in [0.25, 0.3) is 0 Å². The van der Waals surface area contributed by atoms with Gasteiger partial charge in [-0.15, -0.1) is 0 Å². The van der Waals surface area contributed by atoms with E-state index in [-0.39, 0.29) is 11.8 Å². The second-order valence-electron chi connectivity index (χ2n) is 5.72. The topological polar surface area (TPSA) is 55.0 Å². The number of hydrogen-bond donors (Lipinski definition) is 0. The van der Waals surface area contributed by atoms with Crippen LogP contribution in [0.2, 0.25) is 0 Å². The number of ether oxygens (including phenoxy) is 1. The Kier molecular flexibility index (Phi) is 5.28. The maximum atomic E-state index is 12.3. The van der Waals surface area contributed by atoms with E-state index in [1.807, 2.05) is 65.2 Å². The minimum absolute atomic E-state index is 0.182. The third kappa shape index (κ3) is 4.36. The van der Waals surface area contributed by atoms with Gasteiger partial charge in [0, 0.05) is 18.3 Å². The largest absolute Gasteiger partial charge is 0.483 e. The fourth-order valence-corrected chi connectivity index (χ4v) is 2.60. The molecule has 0 fully saturated rings. The van der Waals surface area contributed by atoms with Crippen LogP contribution in [0.3, 0.4) is 0 Å². The number of nitrogens with zero attached hydrogens (tertiary/aromatic N) is 2. The molecule has 3 aromatic rings. The fourth-order valence-electron chi connectivity index (χ4n) is 2.60. The number of aromatic nitrogens is 1. The summed E-state index contributed by atoms with van der Waals surface area (Å²) in [4.78, 5) is 12.3. The van der Waals surface area contributed by atoms with E-state index in [0.29, 0.717) is 24.6 Å². The molecule has 0 bridgehead atoms. The molecule has 0 radical (unpaired) electrons. The Morgan fingerprint density at radius 1 is 0.960 bits per heavy atom. The summed E-state index contributed by atoms with van der Waals surface area (Å²) >= 11 is 0. The van der Waals surface area contributed by atoms with E-state index in [4.69, 9.17) is 10.00 Å². The molecule has 0 N–H and O–H groups in total. The van der Waals surface area contributed by atoms with Crippen LogP contribution in [-0.2, 0) is 19.6 Å². The number of benzene rings is 2. The summed E-state index contributed by atoms with van der Waals surface area (Å²) in [6.07, 6.45) is 1.88. The van der Waals surface area contributed by atoms with Crippen molar-refractivity contribution in [1.29, 1.82) is 5.26 Å². The molecule has 0 aliphatic rings. The van der Waals surface area contributed by atoms with E-state index >= 15 is 0 Å². The van der Waals surface area contributed by atoms with Gasteiger partial charge in [-0.05, 0) is 11.1 Å². The third-order valence-corrected chi connectivity index (χ3v) is 3.88. The fraction of sp³-hybridized carbons (Fsp3) is 0.143. The summed E-state index contributed by atoms with van der Waals surface area (Å²) in [5.74, 6) is 0.293. The molecule has 0 unspecified atom stereocenters. The van der Waals surface area contributed by atoms with Crippen LogP contribution in [-0.4, -0.2) is 4.57 Å². The molecule has 3 rings (SSSR count). The normalized spacial score (nSPS) is 10.2. The van der Waals surface area contributed by atoms with Gasteiger partial charge in [-0.2, -0.15) is 5.26 Å². The Hall–Kier alpha value is -3.32. The highest BCUT2D eigenvalue weighted by molar-refractivity contribution is 5.26. The van der Waals surface area contributed by atoms with Crippen molar-refractivity contribution in [2.45, 2.75) is 19.6 Å². The van der Waals surface area contributed by atoms with Crippen LogP contribution in [0.15, 0.2) is 77.7 Å². The van der Waals surface area contributed by atoms with Crippen molar-refractivity contribution in [3.05, 3.63) is 100.0 Å². The summed E-state index contributed by atoms with van der Waals surface area (Å²) in [5.41, 5.74) is 2.57. The molecule has 25 heavy (non-hydrogen) atoms. The minimum Gasteiger partial charge on any atom is -0.483 e. The van der Waals surface area contributed by atoms with Gasteiger partial charge in [0.2, 0.25) is 5.43 Å². The van der Waals surface area contributed by atoms with Crippen LogP contribution in [0.5, 0.6) is 5.75 Å². The maximum absolute atomic E-state index is 12.3. The average molecular weight is 330 g/mol. The Balaban J connectivity index is 1.87. The molecule has 2 aromatic carbocycles. The van der Waals surface area contributed by atoms with Crippen molar-refractivity contribution in [1.82, 2.24) is 4.57 Å². The molecular weight excluding hydrogens is 312 g/mol. The van der Waals surface area contributed by atoms with E-state index in [2.05, 4.69) is 6.07 Å². The lowest BCUT2D eigenvalue weighted by Crippen LogP contribution is -2.16. The van der Waals surface area contributed by atoms with Crippen LogP contribution in [0.4, 0.5) is 0 Å². The molecule has 124 valence electrons. The molecule has 1 heterocycles. The first-order valence-electron chi connectivity index (χ1n) is 8.07. The highest BCUT2D eigenvalue weighted by Gasteiger charge is 2.09. The Bertz CT molecular complexity index is 926. The van der Waals surface area contributed by atoms with E-state index in [1.165, 1.54) is 6.07 Å². The van der Waals surface area contributed by atoms with Crippen molar-refractivity contribution >= 4 is 0 Å². The quantitative estimate of drug-likeness (QED) is 0.694. The molecule has 0 aliphatic carbocycles. The van der Waals surface area contributed by atoms with Gasteiger partial charge in [-0.3, -0.25) is 4.79 Å². The predicted molar refractivity (Wildman–Crippen MR) is 96.3 cm³/mol. The summed E-state index contributed by atoms with van der Waals surface area (Å²) < 4.78 is 7.62. The molecule has 0 saturated carbocycles. The molecule has 4 nitrogen and oxygen atoms in total. The minimum atomic E-state index is -0.203. The molecule has 0 spiro atoms. The second kappa shape index (κ2) is 7.98. The average Bonchev–Trinajstić information content (AvgIpc) is 2.65. The summed E-state index contributed by atoms with van der Waals surface area (Å²) in [7, 11) is 0. The van der Waals surface area contributed by atoms with Crippen LogP contribution in [0, 0.1) is 11.3 Å². The van der Waals surface area contributed by atoms with E-state index in [0.717, 1.165) is 11.1 Å². The van der Waals surface area contributed by atoms with Crippen molar-refractivity contribution in [3.8, 4) is 11.8 Å². The molecule has 4 heteroatoms.